The second-order valence-corrected chi connectivity index (χ2v) is 5.29. The number of carboxylic acid groups (broad SMARTS) is 1. The van der Waals surface area contributed by atoms with Gasteiger partial charge >= 0.3 is 5.97 Å². The fourth-order valence-corrected chi connectivity index (χ4v) is 2.59. The molecular formula is C15H14FN3O3. The van der Waals surface area contributed by atoms with Crippen molar-refractivity contribution in [3.8, 4) is 11.3 Å². The van der Waals surface area contributed by atoms with Gasteiger partial charge in [0.2, 0.25) is 5.91 Å². The number of amides is 1. The molecule has 0 spiro atoms. The van der Waals surface area contributed by atoms with E-state index in [9.17, 15) is 14.0 Å². The van der Waals surface area contributed by atoms with Crippen LogP contribution in [-0.4, -0.2) is 38.6 Å². The SMILES string of the molecule is O=C(O)[C@H]1CC(=O)N(Cc2cn[nH]c2-c2ccc(F)cc2)C1. The minimum Gasteiger partial charge on any atom is -0.481 e. The number of halogens is 1. The van der Waals surface area contributed by atoms with Crippen LogP contribution in [0.15, 0.2) is 30.5 Å². The van der Waals surface area contributed by atoms with E-state index in [0.29, 0.717) is 5.69 Å². The molecule has 2 aromatic rings. The number of hydrogen-bond acceptors (Lipinski definition) is 3. The van der Waals surface area contributed by atoms with Crippen molar-refractivity contribution in [1.29, 1.82) is 0 Å². The number of carbonyl (C=O) groups is 2. The number of likely N-dealkylation sites (tertiary alicyclic amines) is 1. The van der Waals surface area contributed by atoms with Gasteiger partial charge in [-0.25, -0.2) is 4.39 Å². The van der Waals surface area contributed by atoms with E-state index in [0.717, 1.165) is 11.1 Å². The van der Waals surface area contributed by atoms with E-state index in [4.69, 9.17) is 5.11 Å². The zero-order chi connectivity index (χ0) is 15.7. The van der Waals surface area contributed by atoms with Crippen LogP contribution in [0, 0.1) is 11.7 Å². The molecule has 22 heavy (non-hydrogen) atoms. The molecule has 1 saturated heterocycles. The van der Waals surface area contributed by atoms with Crippen molar-refractivity contribution >= 4 is 11.9 Å². The highest BCUT2D eigenvalue weighted by molar-refractivity contribution is 5.86. The van der Waals surface area contributed by atoms with Crippen molar-refractivity contribution in [2.75, 3.05) is 6.54 Å². The molecule has 1 aromatic heterocycles. The van der Waals surface area contributed by atoms with Gasteiger partial charge in [-0.1, -0.05) is 0 Å². The Morgan fingerprint density at radius 1 is 1.41 bits per heavy atom. The average molecular weight is 303 g/mol. The van der Waals surface area contributed by atoms with E-state index in [2.05, 4.69) is 10.2 Å². The Hall–Kier alpha value is -2.70. The fraction of sp³-hybridized carbons (Fsp3) is 0.267. The zero-order valence-electron chi connectivity index (χ0n) is 11.6. The third-order valence-electron chi connectivity index (χ3n) is 3.78. The Morgan fingerprint density at radius 2 is 2.14 bits per heavy atom. The molecule has 1 aliphatic rings. The van der Waals surface area contributed by atoms with Crippen molar-refractivity contribution in [3.63, 3.8) is 0 Å². The van der Waals surface area contributed by atoms with Crippen LogP contribution in [0.3, 0.4) is 0 Å². The first-order valence-corrected chi connectivity index (χ1v) is 6.83. The highest BCUT2D eigenvalue weighted by atomic mass is 19.1. The maximum Gasteiger partial charge on any atom is 0.308 e. The lowest BCUT2D eigenvalue weighted by atomic mass is 10.1. The summed E-state index contributed by atoms with van der Waals surface area (Å²) in [6.45, 7) is 0.480. The quantitative estimate of drug-likeness (QED) is 0.899. The van der Waals surface area contributed by atoms with Gasteiger partial charge < -0.3 is 10.0 Å². The maximum atomic E-state index is 13.0. The second kappa shape index (κ2) is 5.59. The summed E-state index contributed by atoms with van der Waals surface area (Å²) in [5, 5.41) is 15.8. The molecule has 1 aliphatic heterocycles. The van der Waals surface area contributed by atoms with Gasteiger partial charge in [0, 0.05) is 30.6 Å². The molecule has 114 valence electrons. The maximum absolute atomic E-state index is 13.0. The summed E-state index contributed by atoms with van der Waals surface area (Å²) in [5.41, 5.74) is 2.23. The van der Waals surface area contributed by atoms with Crippen molar-refractivity contribution < 1.29 is 19.1 Å². The summed E-state index contributed by atoms with van der Waals surface area (Å²) < 4.78 is 13.0. The van der Waals surface area contributed by atoms with E-state index in [1.54, 1.807) is 18.3 Å². The van der Waals surface area contributed by atoms with E-state index in [1.165, 1.54) is 17.0 Å². The summed E-state index contributed by atoms with van der Waals surface area (Å²) in [7, 11) is 0. The van der Waals surface area contributed by atoms with Crippen molar-refractivity contribution in [1.82, 2.24) is 15.1 Å². The smallest absolute Gasteiger partial charge is 0.308 e. The predicted molar refractivity (Wildman–Crippen MR) is 75.1 cm³/mol. The summed E-state index contributed by atoms with van der Waals surface area (Å²) >= 11 is 0. The highest BCUT2D eigenvalue weighted by Crippen LogP contribution is 2.25. The zero-order valence-corrected chi connectivity index (χ0v) is 11.6. The first-order valence-electron chi connectivity index (χ1n) is 6.83. The standard InChI is InChI=1S/C15H14FN3O3/c16-12-3-1-9(2-4-12)14-11(6-17-18-14)8-19-7-10(15(21)22)5-13(19)20/h1-4,6,10H,5,7-8H2,(H,17,18)(H,21,22)/t10-/m0/s1. The van der Waals surface area contributed by atoms with E-state index >= 15 is 0 Å². The van der Waals surface area contributed by atoms with Crippen molar-refractivity contribution in [2.24, 2.45) is 5.92 Å². The Labute approximate surface area is 125 Å². The van der Waals surface area contributed by atoms with Gasteiger partial charge in [-0.2, -0.15) is 5.10 Å². The van der Waals surface area contributed by atoms with Crippen LogP contribution in [0.5, 0.6) is 0 Å². The lowest BCUT2D eigenvalue weighted by Crippen LogP contribution is -2.25. The van der Waals surface area contributed by atoms with E-state index in [1.807, 2.05) is 0 Å². The number of nitrogens with zero attached hydrogens (tertiary/aromatic N) is 2. The average Bonchev–Trinajstić information content (AvgIpc) is 3.08. The van der Waals surface area contributed by atoms with Crippen molar-refractivity contribution in [2.45, 2.75) is 13.0 Å². The molecule has 0 unspecified atom stereocenters. The molecule has 2 N–H and O–H groups in total. The first kappa shape index (κ1) is 14.2. The molecule has 7 heteroatoms. The largest absolute Gasteiger partial charge is 0.481 e. The van der Waals surface area contributed by atoms with Crippen LogP contribution in [0.1, 0.15) is 12.0 Å². The normalized spacial score (nSPS) is 18.0. The number of carbonyl (C=O) groups excluding carboxylic acids is 1. The summed E-state index contributed by atoms with van der Waals surface area (Å²) in [6.07, 6.45) is 1.62. The lowest BCUT2D eigenvalue weighted by Gasteiger charge is -2.16. The van der Waals surface area contributed by atoms with Crippen LogP contribution in [0.2, 0.25) is 0 Å². The first-order chi connectivity index (χ1) is 10.5. The molecule has 1 aromatic carbocycles. The third kappa shape index (κ3) is 2.69. The summed E-state index contributed by atoms with van der Waals surface area (Å²) in [4.78, 5) is 24.4. The van der Waals surface area contributed by atoms with E-state index < -0.39 is 11.9 Å². The number of carboxylic acids is 1. The topological polar surface area (TPSA) is 86.3 Å². The monoisotopic (exact) mass is 303 g/mol. The number of aromatic nitrogens is 2. The Kier molecular flexibility index (Phi) is 3.62. The number of aliphatic carboxylic acids is 1. The molecule has 0 saturated carbocycles. The number of H-pyrrole nitrogens is 1. The third-order valence-corrected chi connectivity index (χ3v) is 3.78. The number of benzene rings is 1. The molecule has 6 nitrogen and oxygen atoms in total. The Bertz CT molecular complexity index is 711. The molecular weight excluding hydrogens is 289 g/mol. The highest BCUT2D eigenvalue weighted by Gasteiger charge is 2.34. The van der Waals surface area contributed by atoms with Gasteiger partial charge in [0.1, 0.15) is 5.82 Å². The Morgan fingerprint density at radius 3 is 2.77 bits per heavy atom. The van der Waals surface area contributed by atoms with Crippen LogP contribution in [0.25, 0.3) is 11.3 Å². The molecule has 1 atom stereocenters. The van der Waals surface area contributed by atoms with E-state index in [-0.39, 0.29) is 31.2 Å². The minimum atomic E-state index is -0.957. The van der Waals surface area contributed by atoms with Crippen LogP contribution < -0.4 is 0 Å². The Balaban J connectivity index is 1.80. The summed E-state index contributed by atoms with van der Waals surface area (Å²) in [5.74, 6) is -2.13. The molecule has 1 amide bonds. The van der Waals surface area contributed by atoms with Crippen LogP contribution in [0.4, 0.5) is 4.39 Å². The predicted octanol–water partition coefficient (Wildman–Crippen LogP) is 1.65. The van der Waals surface area contributed by atoms with Gasteiger partial charge in [-0.15, -0.1) is 0 Å². The minimum absolute atomic E-state index is 0.0269. The fourth-order valence-electron chi connectivity index (χ4n) is 2.59. The molecule has 0 aliphatic carbocycles. The molecule has 2 heterocycles. The number of nitrogens with one attached hydrogen (secondary N) is 1. The van der Waals surface area contributed by atoms with Gasteiger partial charge in [-0.3, -0.25) is 14.7 Å². The number of rotatable bonds is 4. The van der Waals surface area contributed by atoms with Crippen LogP contribution in [-0.2, 0) is 16.1 Å². The van der Waals surface area contributed by atoms with Gasteiger partial charge in [0.05, 0.1) is 17.8 Å². The number of hydrogen-bond donors (Lipinski definition) is 2. The molecule has 0 radical (unpaired) electrons. The van der Waals surface area contributed by atoms with Gasteiger partial charge in [0.25, 0.3) is 0 Å². The van der Waals surface area contributed by atoms with Gasteiger partial charge in [0.15, 0.2) is 0 Å². The van der Waals surface area contributed by atoms with Crippen molar-refractivity contribution in [3.05, 3.63) is 41.8 Å². The molecule has 1 fully saturated rings. The lowest BCUT2D eigenvalue weighted by molar-refractivity contribution is -0.141. The molecule has 3 rings (SSSR count). The molecule has 0 bridgehead atoms. The van der Waals surface area contributed by atoms with Gasteiger partial charge in [-0.05, 0) is 24.3 Å². The second-order valence-electron chi connectivity index (χ2n) is 5.29. The van der Waals surface area contributed by atoms with Crippen LogP contribution >= 0.6 is 0 Å². The summed E-state index contributed by atoms with van der Waals surface area (Å²) in [6, 6.07) is 5.94. The number of aromatic amines is 1.